The Hall–Kier alpha value is -4.18. The Labute approximate surface area is 218 Å². The molecule has 4 rings (SSSR count). The van der Waals surface area contributed by atoms with Crippen molar-refractivity contribution in [1.29, 1.82) is 0 Å². The molecule has 190 valence electrons. The largest absolute Gasteiger partial charge is 0.486 e. The predicted octanol–water partition coefficient (Wildman–Crippen LogP) is 4.28. The van der Waals surface area contributed by atoms with E-state index in [1.54, 1.807) is 30.3 Å². The molecule has 0 fully saturated rings. The number of ether oxygens (including phenoxy) is 1. The summed E-state index contributed by atoms with van der Waals surface area (Å²) in [7, 11) is 0. The molecule has 0 unspecified atom stereocenters. The van der Waals surface area contributed by atoms with Crippen LogP contribution in [0.3, 0.4) is 0 Å². The predicted molar refractivity (Wildman–Crippen MR) is 139 cm³/mol. The van der Waals surface area contributed by atoms with E-state index in [0.29, 0.717) is 23.6 Å². The van der Waals surface area contributed by atoms with Crippen molar-refractivity contribution in [1.82, 2.24) is 20.4 Å². The van der Waals surface area contributed by atoms with E-state index in [0.717, 1.165) is 47.0 Å². The van der Waals surface area contributed by atoms with E-state index in [9.17, 15) is 9.59 Å². The summed E-state index contributed by atoms with van der Waals surface area (Å²) in [6.45, 7) is 0.290. The third-order valence-electron chi connectivity index (χ3n) is 5.39. The summed E-state index contributed by atoms with van der Waals surface area (Å²) in [6.07, 6.45) is 3.71. The number of benzene rings is 2. The van der Waals surface area contributed by atoms with Crippen molar-refractivity contribution < 1.29 is 19.4 Å². The average Bonchev–Trinajstić information content (AvgIpc) is 3.34. The second kappa shape index (κ2) is 13.2. The maximum Gasteiger partial charge on any atom is 0.307 e. The van der Waals surface area contributed by atoms with Crippen molar-refractivity contribution in [3.63, 3.8) is 0 Å². The number of aliphatic carboxylic acids is 1. The number of aryl methyl sites for hydroxylation is 2. The number of carbonyl (C=O) groups excluding carboxylic acids is 1. The van der Waals surface area contributed by atoms with Crippen LogP contribution in [0.2, 0.25) is 0 Å². The molecule has 10 heteroatoms. The summed E-state index contributed by atoms with van der Waals surface area (Å²) < 4.78 is 5.75. The van der Waals surface area contributed by atoms with Gasteiger partial charge in [0, 0.05) is 6.42 Å². The number of hydrogen-bond donors (Lipinski definition) is 2. The molecule has 9 nitrogen and oxygen atoms in total. The highest BCUT2D eigenvalue weighted by Crippen LogP contribution is 2.18. The van der Waals surface area contributed by atoms with Crippen LogP contribution in [0.15, 0.2) is 66.7 Å². The fraction of sp³-hybridized carbons (Fsp3) is 0.259. The van der Waals surface area contributed by atoms with Gasteiger partial charge in [0.1, 0.15) is 17.4 Å². The summed E-state index contributed by atoms with van der Waals surface area (Å²) in [5, 5.41) is 30.2. The fourth-order valence-electron chi connectivity index (χ4n) is 3.62. The van der Waals surface area contributed by atoms with E-state index in [4.69, 9.17) is 9.84 Å². The van der Waals surface area contributed by atoms with Crippen LogP contribution in [0.25, 0.3) is 0 Å². The van der Waals surface area contributed by atoms with Crippen molar-refractivity contribution in [2.45, 2.75) is 45.1 Å². The number of nitrogens with one attached hydrogen (secondary N) is 1. The third kappa shape index (κ3) is 8.76. The third-order valence-corrected chi connectivity index (χ3v) is 6.35. The lowest BCUT2D eigenvalue weighted by Gasteiger charge is -2.05. The standard InChI is InChI=1S/C27H27N5O4S/c33-24(16-19-7-2-1-3-8-19)28-23-14-13-21(29-30-23)10-4-5-12-25-31-32-26(37-25)18-36-22-11-6-9-20(15-22)17-27(34)35/h1-3,6-9,11,13-15H,4-5,10,12,16-18H2,(H,34,35)(H,28,30,33). The molecule has 2 N–H and O–H groups in total. The van der Waals surface area contributed by atoms with Gasteiger partial charge in [0.25, 0.3) is 0 Å². The van der Waals surface area contributed by atoms with Gasteiger partial charge in [-0.1, -0.05) is 53.8 Å². The van der Waals surface area contributed by atoms with Crippen molar-refractivity contribution in [3.05, 3.63) is 93.6 Å². The van der Waals surface area contributed by atoms with Crippen LogP contribution in [-0.2, 0) is 41.9 Å². The van der Waals surface area contributed by atoms with Gasteiger partial charge in [0.15, 0.2) is 10.8 Å². The zero-order chi connectivity index (χ0) is 25.9. The Kier molecular flexibility index (Phi) is 9.25. The SMILES string of the molecule is O=C(O)Cc1cccc(OCc2nnc(CCCCc3ccc(NC(=O)Cc4ccccc4)nn3)s2)c1. The lowest BCUT2D eigenvalue weighted by atomic mass is 10.1. The van der Waals surface area contributed by atoms with E-state index in [1.165, 1.54) is 11.3 Å². The van der Waals surface area contributed by atoms with Crippen LogP contribution in [0.5, 0.6) is 5.75 Å². The lowest BCUT2D eigenvalue weighted by molar-refractivity contribution is -0.136. The minimum atomic E-state index is -0.877. The van der Waals surface area contributed by atoms with E-state index in [2.05, 4.69) is 25.7 Å². The molecular formula is C27H27N5O4S. The van der Waals surface area contributed by atoms with Crippen molar-refractivity contribution >= 4 is 29.0 Å². The second-order valence-corrected chi connectivity index (χ2v) is 9.57. The number of carboxylic acid groups (broad SMARTS) is 1. The Morgan fingerprint density at radius 2 is 1.59 bits per heavy atom. The summed E-state index contributed by atoms with van der Waals surface area (Å²) in [4.78, 5) is 23.0. The molecule has 0 aliphatic rings. The first-order valence-corrected chi connectivity index (χ1v) is 12.8. The zero-order valence-corrected chi connectivity index (χ0v) is 21.0. The first-order chi connectivity index (χ1) is 18.0. The number of nitrogens with zero attached hydrogens (tertiary/aromatic N) is 4. The van der Waals surface area contributed by atoms with Crippen LogP contribution < -0.4 is 10.1 Å². The topological polar surface area (TPSA) is 127 Å². The maximum atomic E-state index is 12.2. The Bertz CT molecular complexity index is 1310. The highest BCUT2D eigenvalue weighted by atomic mass is 32.1. The van der Waals surface area contributed by atoms with Gasteiger partial charge in [-0.15, -0.1) is 15.3 Å². The number of carboxylic acids is 1. The highest BCUT2D eigenvalue weighted by molar-refractivity contribution is 7.11. The van der Waals surface area contributed by atoms with Gasteiger partial charge in [0.2, 0.25) is 5.91 Å². The average molecular weight is 518 g/mol. The quantitative estimate of drug-likeness (QED) is 0.252. The molecule has 37 heavy (non-hydrogen) atoms. The number of carbonyl (C=O) groups is 2. The zero-order valence-electron chi connectivity index (χ0n) is 20.2. The molecule has 0 saturated carbocycles. The lowest BCUT2D eigenvalue weighted by Crippen LogP contribution is -2.15. The number of hydrogen-bond acceptors (Lipinski definition) is 8. The molecule has 0 atom stereocenters. The van der Waals surface area contributed by atoms with Gasteiger partial charge in [-0.2, -0.15) is 5.10 Å². The van der Waals surface area contributed by atoms with Crippen molar-refractivity contribution in [3.8, 4) is 5.75 Å². The Morgan fingerprint density at radius 1 is 0.811 bits per heavy atom. The van der Waals surface area contributed by atoms with E-state index >= 15 is 0 Å². The summed E-state index contributed by atoms with van der Waals surface area (Å²) >= 11 is 1.51. The summed E-state index contributed by atoms with van der Waals surface area (Å²) in [6, 6.07) is 20.3. The molecule has 0 saturated heterocycles. The Balaban J connectivity index is 1.15. The van der Waals surface area contributed by atoms with Gasteiger partial charge < -0.3 is 15.2 Å². The van der Waals surface area contributed by atoms with Gasteiger partial charge in [-0.05, 0) is 54.7 Å². The number of anilines is 1. The fourth-order valence-corrected chi connectivity index (χ4v) is 4.42. The normalized spacial score (nSPS) is 10.7. The maximum absolute atomic E-state index is 12.2. The Morgan fingerprint density at radius 3 is 2.38 bits per heavy atom. The van der Waals surface area contributed by atoms with Gasteiger partial charge in [-0.25, -0.2) is 0 Å². The second-order valence-electron chi connectivity index (χ2n) is 8.42. The van der Waals surface area contributed by atoms with E-state index < -0.39 is 5.97 Å². The van der Waals surface area contributed by atoms with Crippen molar-refractivity contribution in [2.24, 2.45) is 0 Å². The van der Waals surface area contributed by atoms with Gasteiger partial charge in [0.05, 0.1) is 18.5 Å². The smallest absolute Gasteiger partial charge is 0.307 e. The molecule has 2 aromatic heterocycles. The molecule has 0 aliphatic carbocycles. The molecule has 0 radical (unpaired) electrons. The van der Waals surface area contributed by atoms with Crippen LogP contribution in [0.4, 0.5) is 5.82 Å². The van der Waals surface area contributed by atoms with Crippen molar-refractivity contribution in [2.75, 3.05) is 5.32 Å². The minimum absolute atomic E-state index is 0.0405. The molecule has 4 aromatic rings. The molecule has 2 aromatic carbocycles. The van der Waals surface area contributed by atoms with E-state index in [-0.39, 0.29) is 18.9 Å². The molecule has 2 heterocycles. The van der Waals surface area contributed by atoms with Crippen LogP contribution in [-0.4, -0.2) is 37.4 Å². The van der Waals surface area contributed by atoms with Crippen LogP contribution in [0, 0.1) is 0 Å². The molecule has 0 bridgehead atoms. The monoisotopic (exact) mass is 517 g/mol. The number of unbranched alkanes of at least 4 members (excludes halogenated alkanes) is 1. The van der Waals surface area contributed by atoms with Crippen LogP contribution >= 0.6 is 11.3 Å². The van der Waals surface area contributed by atoms with Gasteiger partial charge >= 0.3 is 5.97 Å². The minimum Gasteiger partial charge on any atom is -0.486 e. The number of amides is 1. The first kappa shape index (κ1) is 25.9. The molecule has 0 aliphatic heterocycles. The summed E-state index contributed by atoms with van der Waals surface area (Å²) in [5.41, 5.74) is 2.51. The molecule has 1 amide bonds. The summed E-state index contributed by atoms with van der Waals surface area (Å²) in [5.74, 6) is 0.0556. The van der Waals surface area contributed by atoms with E-state index in [1.807, 2.05) is 36.4 Å². The highest BCUT2D eigenvalue weighted by Gasteiger charge is 2.08. The number of aromatic nitrogens is 4. The van der Waals surface area contributed by atoms with Gasteiger partial charge in [-0.3, -0.25) is 9.59 Å². The molecular weight excluding hydrogens is 490 g/mol. The molecule has 0 spiro atoms. The number of rotatable bonds is 13. The first-order valence-electron chi connectivity index (χ1n) is 11.9. The van der Waals surface area contributed by atoms with Crippen LogP contribution in [0.1, 0.15) is 39.7 Å².